The molecule has 2 aromatic rings. The lowest BCUT2D eigenvalue weighted by atomic mass is 10.2. The maximum absolute atomic E-state index is 12.2. The van der Waals surface area contributed by atoms with Crippen molar-refractivity contribution in [2.24, 2.45) is 5.92 Å². The highest BCUT2D eigenvalue weighted by Crippen LogP contribution is 2.24. The van der Waals surface area contributed by atoms with Crippen molar-refractivity contribution in [3.05, 3.63) is 34.4 Å². The molecule has 0 fully saturated rings. The average Bonchev–Trinajstić information content (AvgIpc) is 2.96. The van der Waals surface area contributed by atoms with Gasteiger partial charge in [-0.05, 0) is 6.07 Å². The van der Waals surface area contributed by atoms with Gasteiger partial charge in [-0.1, -0.05) is 31.3 Å². The molecule has 0 atom stereocenters. The van der Waals surface area contributed by atoms with Gasteiger partial charge in [0.25, 0.3) is 20.1 Å². The molecule has 0 unspecified atom stereocenters. The zero-order chi connectivity index (χ0) is 17.9. The zero-order valence-electron chi connectivity index (χ0n) is 12.6. The molecule has 1 amide bonds. The van der Waals surface area contributed by atoms with Crippen molar-refractivity contribution in [2.45, 2.75) is 18.2 Å². The number of nitrogens with zero attached hydrogens (tertiary/aromatic N) is 3. The number of non-ortho nitro benzene ring substituents is 1. The van der Waals surface area contributed by atoms with E-state index in [1.807, 2.05) is 0 Å². The van der Waals surface area contributed by atoms with Crippen LogP contribution in [-0.2, 0) is 14.8 Å². The first-order valence-electron chi connectivity index (χ1n) is 6.60. The van der Waals surface area contributed by atoms with Crippen LogP contribution in [0.25, 0.3) is 0 Å². The molecule has 12 heteroatoms. The number of aromatic nitrogens is 2. The van der Waals surface area contributed by atoms with Crippen LogP contribution in [0.5, 0.6) is 0 Å². The van der Waals surface area contributed by atoms with Crippen LogP contribution in [0.15, 0.2) is 28.6 Å². The number of nitro groups is 1. The van der Waals surface area contributed by atoms with E-state index in [-0.39, 0.29) is 32.7 Å². The van der Waals surface area contributed by atoms with Crippen LogP contribution in [0.4, 0.5) is 16.5 Å². The van der Waals surface area contributed by atoms with E-state index < -0.39 is 14.9 Å². The number of nitrogens with one attached hydrogen (secondary N) is 2. The second-order valence-electron chi connectivity index (χ2n) is 4.93. The zero-order valence-corrected chi connectivity index (χ0v) is 14.2. The maximum atomic E-state index is 12.2. The minimum Gasteiger partial charge on any atom is -0.300 e. The average molecular weight is 371 g/mol. The van der Waals surface area contributed by atoms with Gasteiger partial charge in [0, 0.05) is 18.1 Å². The smallest absolute Gasteiger partial charge is 0.291 e. The van der Waals surface area contributed by atoms with Crippen LogP contribution in [0, 0.1) is 16.0 Å². The third kappa shape index (κ3) is 4.23. The van der Waals surface area contributed by atoms with Crippen LogP contribution in [0.3, 0.4) is 0 Å². The molecule has 0 radical (unpaired) electrons. The quantitative estimate of drug-likeness (QED) is 0.448. The van der Waals surface area contributed by atoms with Crippen molar-refractivity contribution in [1.82, 2.24) is 10.2 Å². The number of anilines is 2. The first kappa shape index (κ1) is 17.7. The summed E-state index contributed by atoms with van der Waals surface area (Å²) in [4.78, 5) is 21.6. The summed E-state index contributed by atoms with van der Waals surface area (Å²) in [6.07, 6.45) is 0. The maximum Gasteiger partial charge on any atom is 0.291 e. The van der Waals surface area contributed by atoms with Crippen molar-refractivity contribution in [2.75, 3.05) is 10.0 Å². The third-order valence-corrected chi connectivity index (χ3v) is 5.29. The van der Waals surface area contributed by atoms with Crippen molar-refractivity contribution in [3.8, 4) is 0 Å². The molecule has 0 bridgehead atoms. The highest BCUT2D eigenvalue weighted by Gasteiger charge is 2.22. The molecule has 2 rings (SSSR count). The summed E-state index contributed by atoms with van der Waals surface area (Å²) in [5.74, 6) is -0.612. The highest BCUT2D eigenvalue weighted by atomic mass is 32.2. The Morgan fingerprint density at radius 2 is 2.04 bits per heavy atom. The Kier molecular flexibility index (Phi) is 5.09. The standard InChI is InChI=1S/C12H13N5O5S2/c1-7(2)10(18)13-11-14-15-12(23-11)24(21,22)16-8-4-3-5-9(6-8)17(19)20/h3-7,16H,1-2H3,(H,13,14,18). The lowest BCUT2D eigenvalue weighted by molar-refractivity contribution is -0.384. The Morgan fingerprint density at radius 1 is 1.33 bits per heavy atom. The number of rotatable bonds is 6. The van der Waals surface area contributed by atoms with Gasteiger partial charge in [0.2, 0.25) is 11.0 Å². The molecule has 1 heterocycles. The molecule has 2 N–H and O–H groups in total. The lowest BCUT2D eigenvalue weighted by Crippen LogP contribution is -2.17. The predicted molar refractivity (Wildman–Crippen MR) is 87.3 cm³/mol. The second kappa shape index (κ2) is 6.88. The monoisotopic (exact) mass is 371 g/mol. The van der Waals surface area contributed by atoms with Gasteiger partial charge in [0.05, 0.1) is 10.6 Å². The molecule has 0 aliphatic heterocycles. The van der Waals surface area contributed by atoms with Crippen LogP contribution in [0.2, 0.25) is 0 Å². The Hall–Kier alpha value is -2.60. The van der Waals surface area contributed by atoms with E-state index in [4.69, 9.17) is 0 Å². The molecule has 0 saturated heterocycles. The number of benzene rings is 1. The lowest BCUT2D eigenvalue weighted by Gasteiger charge is -2.04. The molecule has 0 spiro atoms. The van der Waals surface area contributed by atoms with Crippen LogP contribution in [0.1, 0.15) is 13.8 Å². The van der Waals surface area contributed by atoms with Crippen molar-refractivity contribution >= 4 is 43.8 Å². The second-order valence-corrected chi connectivity index (χ2v) is 7.76. The number of nitro benzene ring substituents is 1. The summed E-state index contributed by atoms with van der Waals surface area (Å²) in [6, 6.07) is 5.04. The predicted octanol–water partition coefficient (Wildman–Crippen LogP) is 1.84. The van der Waals surface area contributed by atoms with Crippen molar-refractivity contribution < 1.29 is 18.1 Å². The molecule has 10 nitrogen and oxygen atoms in total. The number of amides is 1. The summed E-state index contributed by atoms with van der Waals surface area (Å²) >= 11 is 0.677. The van der Waals surface area contributed by atoms with E-state index in [2.05, 4.69) is 20.2 Å². The minimum atomic E-state index is -4.07. The molecular weight excluding hydrogens is 358 g/mol. The normalized spacial score (nSPS) is 11.3. The summed E-state index contributed by atoms with van der Waals surface area (Å²) < 4.78 is 26.3. The van der Waals surface area contributed by atoms with Crippen LogP contribution in [-0.4, -0.2) is 29.4 Å². The Morgan fingerprint density at radius 3 is 2.67 bits per heavy atom. The van der Waals surface area contributed by atoms with E-state index in [0.717, 1.165) is 6.07 Å². The molecule has 24 heavy (non-hydrogen) atoms. The highest BCUT2D eigenvalue weighted by molar-refractivity contribution is 7.94. The summed E-state index contributed by atoms with van der Waals surface area (Å²) in [5, 5.41) is 20.3. The Balaban J connectivity index is 2.19. The third-order valence-electron chi connectivity index (χ3n) is 2.70. The van der Waals surface area contributed by atoms with Crippen molar-refractivity contribution in [3.63, 3.8) is 0 Å². The topological polar surface area (TPSA) is 144 Å². The minimum absolute atomic E-state index is 0.0205. The van der Waals surface area contributed by atoms with E-state index in [1.165, 1.54) is 18.2 Å². The largest absolute Gasteiger partial charge is 0.300 e. The summed E-state index contributed by atoms with van der Waals surface area (Å²) in [6.45, 7) is 3.36. The van der Waals surface area contributed by atoms with Gasteiger partial charge in [-0.2, -0.15) is 8.42 Å². The van der Waals surface area contributed by atoms with Gasteiger partial charge >= 0.3 is 0 Å². The number of sulfonamides is 1. The van der Waals surface area contributed by atoms with Crippen LogP contribution < -0.4 is 10.0 Å². The molecule has 1 aromatic carbocycles. The van der Waals surface area contributed by atoms with E-state index in [1.54, 1.807) is 13.8 Å². The number of hydrogen-bond acceptors (Lipinski definition) is 8. The van der Waals surface area contributed by atoms with E-state index >= 15 is 0 Å². The van der Waals surface area contributed by atoms with Gasteiger partial charge in [0.15, 0.2) is 0 Å². The van der Waals surface area contributed by atoms with Gasteiger partial charge in [-0.15, -0.1) is 10.2 Å². The Labute approximate surface area is 141 Å². The molecule has 0 aliphatic carbocycles. The fourth-order valence-electron chi connectivity index (χ4n) is 1.50. The first-order chi connectivity index (χ1) is 11.2. The Bertz CT molecular complexity index is 877. The fraction of sp³-hybridized carbons (Fsp3) is 0.250. The van der Waals surface area contributed by atoms with Gasteiger partial charge in [-0.25, -0.2) is 0 Å². The summed E-state index contributed by atoms with van der Waals surface area (Å²) in [7, 11) is -4.07. The molecule has 1 aromatic heterocycles. The number of carbonyl (C=O) groups excluding carboxylic acids is 1. The van der Waals surface area contributed by atoms with Crippen molar-refractivity contribution in [1.29, 1.82) is 0 Å². The molecule has 0 saturated carbocycles. The number of hydrogen-bond donors (Lipinski definition) is 2. The van der Waals surface area contributed by atoms with E-state index in [0.29, 0.717) is 11.3 Å². The fourth-order valence-corrected chi connectivity index (χ4v) is 3.45. The van der Waals surface area contributed by atoms with Gasteiger partial charge < -0.3 is 5.32 Å². The van der Waals surface area contributed by atoms with E-state index in [9.17, 15) is 23.3 Å². The van der Waals surface area contributed by atoms with Crippen LogP contribution >= 0.6 is 11.3 Å². The molecule has 0 aliphatic rings. The van der Waals surface area contributed by atoms with Gasteiger partial charge in [-0.3, -0.25) is 19.6 Å². The molecular formula is C12H13N5O5S2. The van der Waals surface area contributed by atoms with Gasteiger partial charge in [0.1, 0.15) is 0 Å². The molecule has 128 valence electrons. The first-order valence-corrected chi connectivity index (χ1v) is 8.90. The SMILES string of the molecule is CC(C)C(=O)Nc1nnc(S(=O)(=O)Nc2cccc([N+](=O)[O-])c2)s1. The summed E-state index contributed by atoms with van der Waals surface area (Å²) in [5.41, 5.74) is -0.232. The number of carbonyl (C=O) groups is 1.